The first-order chi connectivity index (χ1) is 10.5. The van der Waals surface area contributed by atoms with Crippen molar-refractivity contribution < 1.29 is 14.7 Å². The van der Waals surface area contributed by atoms with Crippen LogP contribution in [0, 0.1) is 6.92 Å². The molecular weight excluding hydrogens is 298 g/mol. The third kappa shape index (κ3) is 4.93. The molecule has 0 saturated carbocycles. The van der Waals surface area contributed by atoms with Gasteiger partial charge in [-0.1, -0.05) is 24.3 Å². The highest BCUT2D eigenvalue weighted by atomic mass is 32.2. The summed E-state index contributed by atoms with van der Waals surface area (Å²) in [5.41, 5.74) is 3.05. The number of carboxylic acids is 1. The highest BCUT2D eigenvalue weighted by molar-refractivity contribution is 7.99. The van der Waals surface area contributed by atoms with E-state index in [0.717, 1.165) is 16.8 Å². The Kier molecular flexibility index (Phi) is 5.61. The average molecular weight is 315 g/mol. The van der Waals surface area contributed by atoms with E-state index in [0.29, 0.717) is 11.5 Å². The van der Waals surface area contributed by atoms with Crippen LogP contribution in [0.25, 0.3) is 0 Å². The molecule has 2 N–H and O–H groups in total. The zero-order chi connectivity index (χ0) is 15.9. The monoisotopic (exact) mass is 315 g/mol. The number of aryl methyl sites for hydroxylation is 1. The molecule has 0 bridgehead atoms. The van der Waals surface area contributed by atoms with E-state index in [4.69, 9.17) is 5.11 Å². The number of hydrogen-bond donors (Lipinski definition) is 2. The molecule has 22 heavy (non-hydrogen) atoms. The minimum Gasteiger partial charge on any atom is -0.478 e. The lowest BCUT2D eigenvalue weighted by Crippen LogP contribution is -2.14. The zero-order valence-electron chi connectivity index (χ0n) is 12.2. The average Bonchev–Trinajstić information content (AvgIpc) is 2.47. The van der Waals surface area contributed by atoms with Crippen LogP contribution in [0.1, 0.15) is 21.5 Å². The second-order valence-electron chi connectivity index (χ2n) is 4.92. The number of thioether (sulfide) groups is 1. The third-order valence-corrected chi connectivity index (χ3v) is 3.98. The predicted octanol–water partition coefficient (Wildman–Crippen LogP) is 3.57. The van der Waals surface area contributed by atoms with Crippen LogP contribution in [0.15, 0.2) is 48.5 Å². The molecule has 0 fully saturated rings. The van der Waals surface area contributed by atoms with Gasteiger partial charge in [0, 0.05) is 11.4 Å². The molecule has 0 radical (unpaired) electrons. The molecule has 0 aliphatic heterocycles. The third-order valence-electron chi connectivity index (χ3n) is 2.98. The van der Waals surface area contributed by atoms with Gasteiger partial charge in [-0.05, 0) is 42.3 Å². The molecule has 114 valence electrons. The van der Waals surface area contributed by atoms with E-state index < -0.39 is 5.97 Å². The molecule has 0 aliphatic rings. The summed E-state index contributed by atoms with van der Waals surface area (Å²) in [6.45, 7) is 1.97. The van der Waals surface area contributed by atoms with Gasteiger partial charge in [0.1, 0.15) is 0 Å². The molecule has 0 aromatic heterocycles. The van der Waals surface area contributed by atoms with Crippen LogP contribution < -0.4 is 5.32 Å². The fourth-order valence-corrected chi connectivity index (χ4v) is 2.75. The Labute approximate surface area is 133 Å². The Bertz CT molecular complexity index is 685. The van der Waals surface area contributed by atoms with Gasteiger partial charge in [-0.15, -0.1) is 11.8 Å². The second kappa shape index (κ2) is 7.66. The lowest BCUT2D eigenvalue weighted by Gasteiger charge is -2.06. The van der Waals surface area contributed by atoms with Crippen molar-refractivity contribution >= 4 is 29.3 Å². The van der Waals surface area contributed by atoms with Crippen LogP contribution in [0.5, 0.6) is 0 Å². The summed E-state index contributed by atoms with van der Waals surface area (Å²) in [6, 6.07) is 14.4. The summed E-state index contributed by atoms with van der Waals surface area (Å²) >= 11 is 1.45. The Balaban J connectivity index is 1.82. The van der Waals surface area contributed by atoms with E-state index in [-0.39, 0.29) is 11.5 Å². The molecular formula is C17H17NO3S. The lowest BCUT2D eigenvalue weighted by molar-refractivity contribution is -0.113. The van der Waals surface area contributed by atoms with Crippen LogP contribution >= 0.6 is 11.8 Å². The van der Waals surface area contributed by atoms with E-state index in [9.17, 15) is 9.59 Å². The standard InChI is InChI=1S/C17H17NO3S/c1-12-4-2-7-15(8-12)18-16(19)11-22-10-13-5-3-6-14(9-13)17(20)21/h2-9H,10-11H2,1H3,(H,18,19)(H,20,21). The van der Waals surface area contributed by atoms with E-state index in [1.54, 1.807) is 18.2 Å². The van der Waals surface area contributed by atoms with Gasteiger partial charge in [0.05, 0.1) is 11.3 Å². The van der Waals surface area contributed by atoms with Gasteiger partial charge in [-0.2, -0.15) is 0 Å². The molecule has 2 aromatic rings. The van der Waals surface area contributed by atoms with Crippen LogP contribution in [-0.2, 0) is 10.5 Å². The van der Waals surface area contributed by atoms with Crippen LogP contribution in [0.3, 0.4) is 0 Å². The highest BCUT2D eigenvalue weighted by Crippen LogP contribution is 2.15. The number of nitrogens with one attached hydrogen (secondary N) is 1. The number of amides is 1. The SMILES string of the molecule is Cc1cccc(NC(=O)CSCc2cccc(C(=O)O)c2)c1. The fraction of sp³-hybridized carbons (Fsp3) is 0.176. The van der Waals surface area contributed by atoms with Crippen molar-refractivity contribution in [3.63, 3.8) is 0 Å². The van der Waals surface area contributed by atoms with Crippen molar-refractivity contribution in [3.05, 3.63) is 65.2 Å². The normalized spacial score (nSPS) is 10.2. The number of rotatable bonds is 6. The minimum absolute atomic E-state index is 0.0648. The van der Waals surface area contributed by atoms with Crippen LogP contribution in [-0.4, -0.2) is 22.7 Å². The summed E-state index contributed by atoms with van der Waals surface area (Å²) in [7, 11) is 0. The number of carbonyl (C=O) groups excluding carboxylic acids is 1. The fourth-order valence-electron chi connectivity index (χ4n) is 1.98. The molecule has 2 aromatic carbocycles. The van der Waals surface area contributed by atoms with E-state index >= 15 is 0 Å². The Hall–Kier alpha value is -2.27. The van der Waals surface area contributed by atoms with Crippen LogP contribution in [0.4, 0.5) is 5.69 Å². The van der Waals surface area contributed by atoms with Gasteiger partial charge in [0.15, 0.2) is 0 Å². The predicted molar refractivity (Wildman–Crippen MR) is 89.4 cm³/mol. The Morgan fingerprint density at radius 3 is 2.64 bits per heavy atom. The second-order valence-corrected chi connectivity index (χ2v) is 5.90. The molecule has 0 aliphatic carbocycles. The molecule has 0 unspecified atom stereocenters. The van der Waals surface area contributed by atoms with Crippen molar-refractivity contribution in [3.8, 4) is 0 Å². The van der Waals surface area contributed by atoms with E-state index in [1.165, 1.54) is 11.8 Å². The largest absolute Gasteiger partial charge is 0.478 e. The maximum atomic E-state index is 11.9. The summed E-state index contributed by atoms with van der Waals surface area (Å²) < 4.78 is 0. The maximum Gasteiger partial charge on any atom is 0.335 e. The van der Waals surface area contributed by atoms with Gasteiger partial charge in [-0.25, -0.2) is 4.79 Å². The maximum absolute atomic E-state index is 11.9. The van der Waals surface area contributed by atoms with Crippen molar-refractivity contribution in [2.75, 3.05) is 11.1 Å². The van der Waals surface area contributed by atoms with Gasteiger partial charge < -0.3 is 10.4 Å². The topological polar surface area (TPSA) is 66.4 Å². The van der Waals surface area contributed by atoms with E-state index in [2.05, 4.69) is 5.32 Å². The first-order valence-corrected chi connectivity index (χ1v) is 7.96. The van der Waals surface area contributed by atoms with Gasteiger partial charge >= 0.3 is 5.97 Å². The molecule has 0 spiro atoms. The molecule has 4 nitrogen and oxygen atoms in total. The highest BCUT2D eigenvalue weighted by Gasteiger charge is 2.06. The quantitative estimate of drug-likeness (QED) is 0.855. The summed E-state index contributed by atoms with van der Waals surface area (Å²) in [5, 5.41) is 11.8. The lowest BCUT2D eigenvalue weighted by atomic mass is 10.1. The Morgan fingerprint density at radius 1 is 1.14 bits per heavy atom. The number of anilines is 1. The molecule has 0 atom stereocenters. The van der Waals surface area contributed by atoms with Gasteiger partial charge in [0.25, 0.3) is 0 Å². The number of benzene rings is 2. The molecule has 0 heterocycles. The zero-order valence-corrected chi connectivity index (χ0v) is 13.0. The number of aromatic carboxylic acids is 1. The van der Waals surface area contributed by atoms with Crippen molar-refractivity contribution in [2.24, 2.45) is 0 Å². The van der Waals surface area contributed by atoms with Crippen molar-refractivity contribution in [1.82, 2.24) is 0 Å². The number of carbonyl (C=O) groups is 2. The molecule has 5 heteroatoms. The van der Waals surface area contributed by atoms with Crippen molar-refractivity contribution in [2.45, 2.75) is 12.7 Å². The molecule has 0 saturated heterocycles. The van der Waals surface area contributed by atoms with Gasteiger partial charge in [-0.3, -0.25) is 4.79 Å². The molecule has 1 amide bonds. The summed E-state index contributed by atoms with van der Waals surface area (Å²) in [6.07, 6.45) is 0. The van der Waals surface area contributed by atoms with Gasteiger partial charge in [0.2, 0.25) is 5.91 Å². The summed E-state index contributed by atoms with van der Waals surface area (Å²) in [5.74, 6) is -0.0813. The first kappa shape index (κ1) is 16.1. The smallest absolute Gasteiger partial charge is 0.335 e. The minimum atomic E-state index is -0.941. The molecule has 2 rings (SSSR count). The number of hydrogen-bond acceptors (Lipinski definition) is 3. The first-order valence-electron chi connectivity index (χ1n) is 6.81. The van der Waals surface area contributed by atoms with Crippen LogP contribution in [0.2, 0.25) is 0 Å². The van der Waals surface area contributed by atoms with E-state index in [1.807, 2.05) is 37.3 Å². The Morgan fingerprint density at radius 2 is 1.91 bits per heavy atom. The van der Waals surface area contributed by atoms with Crippen molar-refractivity contribution in [1.29, 1.82) is 0 Å². The summed E-state index contributed by atoms with van der Waals surface area (Å²) in [4.78, 5) is 22.8. The number of carboxylic acid groups (broad SMARTS) is 1.